The standard InChI is InChI=1S/C23H30N2O4/c1-16(26)25(19-10-8-18(9-11-19)23(2,3)4)14-13-24-22(27)17-7-12-20(28-5)21(15-17)29-6/h7-12,15H,13-14H2,1-6H3,(H,24,27). The Morgan fingerprint density at radius 2 is 1.59 bits per heavy atom. The molecule has 0 aliphatic carbocycles. The normalized spacial score (nSPS) is 11.0. The molecule has 0 saturated carbocycles. The van der Waals surface area contributed by atoms with E-state index in [-0.39, 0.29) is 17.2 Å². The van der Waals surface area contributed by atoms with Crippen LogP contribution in [-0.2, 0) is 10.2 Å². The summed E-state index contributed by atoms with van der Waals surface area (Å²) < 4.78 is 10.4. The number of rotatable bonds is 7. The number of benzene rings is 2. The molecule has 2 aromatic rings. The van der Waals surface area contributed by atoms with E-state index < -0.39 is 0 Å². The second-order valence-electron chi connectivity index (χ2n) is 7.79. The third-order valence-electron chi connectivity index (χ3n) is 4.69. The van der Waals surface area contributed by atoms with Crippen LogP contribution in [0.1, 0.15) is 43.6 Å². The highest BCUT2D eigenvalue weighted by molar-refractivity contribution is 5.95. The number of amides is 2. The zero-order valence-corrected chi connectivity index (χ0v) is 18.0. The van der Waals surface area contributed by atoms with Crippen molar-refractivity contribution in [2.45, 2.75) is 33.1 Å². The van der Waals surface area contributed by atoms with E-state index in [9.17, 15) is 9.59 Å². The number of nitrogens with zero attached hydrogens (tertiary/aromatic N) is 1. The molecule has 2 rings (SSSR count). The Morgan fingerprint density at radius 1 is 0.966 bits per heavy atom. The highest BCUT2D eigenvalue weighted by Gasteiger charge is 2.16. The third-order valence-corrected chi connectivity index (χ3v) is 4.69. The van der Waals surface area contributed by atoms with Crippen molar-refractivity contribution in [3.05, 3.63) is 53.6 Å². The summed E-state index contributed by atoms with van der Waals surface area (Å²) in [6.45, 7) is 8.67. The fourth-order valence-electron chi connectivity index (χ4n) is 2.97. The minimum absolute atomic E-state index is 0.0486. The Labute approximate surface area is 172 Å². The zero-order valence-electron chi connectivity index (χ0n) is 18.0. The van der Waals surface area contributed by atoms with Crippen LogP contribution in [0, 0.1) is 0 Å². The SMILES string of the molecule is COc1ccc(C(=O)NCCN(C(C)=O)c2ccc(C(C)(C)C)cc2)cc1OC. The molecule has 0 atom stereocenters. The Kier molecular flexibility index (Phi) is 7.26. The number of nitrogens with one attached hydrogen (secondary N) is 1. The first-order valence-corrected chi connectivity index (χ1v) is 9.56. The number of methoxy groups -OCH3 is 2. The first kappa shape index (κ1) is 22.3. The first-order chi connectivity index (χ1) is 13.7. The maximum absolute atomic E-state index is 12.4. The molecule has 2 aromatic carbocycles. The van der Waals surface area contributed by atoms with Gasteiger partial charge in [0.05, 0.1) is 14.2 Å². The average molecular weight is 399 g/mol. The maximum atomic E-state index is 12.4. The Morgan fingerprint density at radius 3 is 2.10 bits per heavy atom. The van der Waals surface area contributed by atoms with E-state index in [2.05, 4.69) is 26.1 Å². The van der Waals surface area contributed by atoms with Gasteiger partial charge in [0.25, 0.3) is 5.91 Å². The van der Waals surface area contributed by atoms with E-state index in [4.69, 9.17) is 9.47 Å². The van der Waals surface area contributed by atoms with E-state index in [1.54, 1.807) is 30.2 Å². The number of hydrogen-bond donors (Lipinski definition) is 1. The van der Waals surface area contributed by atoms with Gasteiger partial charge in [0.15, 0.2) is 11.5 Å². The minimum Gasteiger partial charge on any atom is -0.493 e. The molecule has 0 aromatic heterocycles. The monoisotopic (exact) mass is 398 g/mol. The predicted octanol–water partition coefficient (Wildman–Crippen LogP) is 3.78. The zero-order chi connectivity index (χ0) is 21.6. The molecule has 0 aliphatic heterocycles. The number of anilines is 1. The fraction of sp³-hybridized carbons (Fsp3) is 0.391. The Hall–Kier alpha value is -3.02. The molecule has 0 fully saturated rings. The molecular weight excluding hydrogens is 368 g/mol. The second-order valence-corrected chi connectivity index (χ2v) is 7.79. The lowest BCUT2D eigenvalue weighted by atomic mass is 9.87. The van der Waals surface area contributed by atoms with Crippen LogP contribution in [-0.4, -0.2) is 39.1 Å². The predicted molar refractivity (Wildman–Crippen MR) is 115 cm³/mol. The van der Waals surface area contributed by atoms with Crippen LogP contribution in [0.4, 0.5) is 5.69 Å². The number of carbonyl (C=O) groups is 2. The van der Waals surface area contributed by atoms with E-state index in [1.165, 1.54) is 19.6 Å². The van der Waals surface area contributed by atoms with Crippen LogP contribution in [0.3, 0.4) is 0 Å². The lowest BCUT2D eigenvalue weighted by Gasteiger charge is -2.24. The van der Waals surface area contributed by atoms with E-state index in [0.717, 1.165) is 5.69 Å². The van der Waals surface area contributed by atoms with Gasteiger partial charge in [-0.05, 0) is 41.3 Å². The maximum Gasteiger partial charge on any atom is 0.251 e. The molecule has 0 saturated heterocycles. The smallest absolute Gasteiger partial charge is 0.251 e. The van der Waals surface area contributed by atoms with Crippen molar-refractivity contribution in [3.63, 3.8) is 0 Å². The average Bonchev–Trinajstić information content (AvgIpc) is 2.69. The second kappa shape index (κ2) is 9.45. The first-order valence-electron chi connectivity index (χ1n) is 9.56. The van der Waals surface area contributed by atoms with Crippen molar-refractivity contribution in [3.8, 4) is 11.5 Å². The molecule has 0 spiro atoms. The summed E-state index contributed by atoms with van der Waals surface area (Å²) in [5.74, 6) is 0.737. The highest BCUT2D eigenvalue weighted by Crippen LogP contribution is 2.27. The minimum atomic E-state index is -0.238. The van der Waals surface area contributed by atoms with Gasteiger partial charge in [0.2, 0.25) is 5.91 Å². The largest absolute Gasteiger partial charge is 0.493 e. The molecule has 0 radical (unpaired) electrons. The molecule has 29 heavy (non-hydrogen) atoms. The summed E-state index contributed by atoms with van der Waals surface area (Å²) in [4.78, 5) is 26.2. The molecule has 0 aliphatic rings. The van der Waals surface area contributed by atoms with E-state index in [1.807, 2.05) is 24.3 Å². The van der Waals surface area contributed by atoms with Crippen LogP contribution in [0.15, 0.2) is 42.5 Å². The molecule has 2 amide bonds. The molecule has 6 nitrogen and oxygen atoms in total. The van der Waals surface area contributed by atoms with Gasteiger partial charge in [0.1, 0.15) is 0 Å². The Bertz CT molecular complexity index is 854. The van der Waals surface area contributed by atoms with Crippen molar-refractivity contribution < 1.29 is 19.1 Å². The van der Waals surface area contributed by atoms with Crippen molar-refractivity contribution in [1.82, 2.24) is 5.32 Å². The van der Waals surface area contributed by atoms with E-state index >= 15 is 0 Å². The fourth-order valence-corrected chi connectivity index (χ4v) is 2.97. The summed E-state index contributed by atoms with van der Waals surface area (Å²) in [6, 6.07) is 12.9. The molecule has 6 heteroatoms. The van der Waals surface area contributed by atoms with Crippen LogP contribution in [0.25, 0.3) is 0 Å². The summed E-state index contributed by atoms with van der Waals surface area (Å²) in [5, 5.41) is 2.85. The Balaban J connectivity index is 2.02. The van der Waals surface area contributed by atoms with Crippen molar-refractivity contribution in [2.24, 2.45) is 0 Å². The summed E-state index contributed by atoms with van der Waals surface area (Å²) in [6.07, 6.45) is 0. The van der Waals surface area contributed by atoms with Gasteiger partial charge < -0.3 is 19.7 Å². The van der Waals surface area contributed by atoms with Crippen LogP contribution in [0.2, 0.25) is 0 Å². The van der Waals surface area contributed by atoms with Crippen LogP contribution in [0.5, 0.6) is 11.5 Å². The van der Waals surface area contributed by atoms with Gasteiger partial charge in [-0.15, -0.1) is 0 Å². The quantitative estimate of drug-likeness (QED) is 0.771. The molecule has 1 N–H and O–H groups in total. The van der Waals surface area contributed by atoms with Crippen molar-refractivity contribution in [1.29, 1.82) is 0 Å². The van der Waals surface area contributed by atoms with Gasteiger partial charge in [-0.25, -0.2) is 0 Å². The summed E-state index contributed by atoms with van der Waals surface area (Å²) in [7, 11) is 3.07. The van der Waals surface area contributed by atoms with Gasteiger partial charge >= 0.3 is 0 Å². The number of hydrogen-bond acceptors (Lipinski definition) is 4. The van der Waals surface area contributed by atoms with Crippen LogP contribution >= 0.6 is 0 Å². The van der Waals surface area contributed by atoms with Crippen LogP contribution < -0.4 is 19.7 Å². The number of carbonyl (C=O) groups excluding carboxylic acids is 2. The van der Waals surface area contributed by atoms with Crippen molar-refractivity contribution >= 4 is 17.5 Å². The molecule has 0 unspecified atom stereocenters. The topological polar surface area (TPSA) is 67.9 Å². The van der Waals surface area contributed by atoms with Crippen molar-refractivity contribution in [2.75, 3.05) is 32.2 Å². The van der Waals surface area contributed by atoms with Gasteiger partial charge in [-0.2, -0.15) is 0 Å². The number of ether oxygens (including phenoxy) is 2. The highest BCUT2D eigenvalue weighted by atomic mass is 16.5. The van der Waals surface area contributed by atoms with E-state index in [0.29, 0.717) is 30.2 Å². The third kappa shape index (κ3) is 5.73. The molecular formula is C23H30N2O4. The molecule has 0 bridgehead atoms. The molecule has 156 valence electrons. The lowest BCUT2D eigenvalue weighted by Crippen LogP contribution is -2.37. The van der Waals surface area contributed by atoms with Gasteiger partial charge in [-0.1, -0.05) is 32.9 Å². The molecule has 0 heterocycles. The van der Waals surface area contributed by atoms with Gasteiger partial charge in [0, 0.05) is 31.3 Å². The summed E-state index contributed by atoms with van der Waals surface area (Å²) in [5.41, 5.74) is 2.52. The lowest BCUT2D eigenvalue weighted by molar-refractivity contribution is -0.116. The van der Waals surface area contributed by atoms with Gasteiger partial charge in [-0.3, -0.25) is 9.59 Å². The summed E-state index contributed by atoms with van der Waals surface area (Å²) >= 11 is 0.